The molecule has 4 rings (SSSR count). The largest absolute Gasteiger partial charge is 0.361 e. The molecule has 1 aliphatic heterocycles. The van der Waals surface area contributed by atoms with Crippen LogP contribution in [0.5, 0.6) is 0 Å². The van der Waals surface area contributed by atoms with Gasteiger partial charge >= 0.3 is 0 Å². The highest BCUT2D eigenvalue weighted by molar-refractivity contribution is 5.98. The molecule has 0 bridgehead atoms. The number of aromatic nitrogens is 1. The predicted molar refractivity (Wildman–Crippen MR) is 102 cm³/mol. The molecule has 1 aromatic heterocycles. The maximum absolute atomic E-state index is 13.0. The van der Waals surface area contributed by atoms with E-state index >= 15 is 0 Å². The Bertz CT molecular complexity index is 912. The third-order valence-corrected chi connectivity index (χ3v) is 5.15. The molecule has 4 nitrogen and oxygen atoms in total. The monoisotopic (exact) mass is 333 g/mol. The van der Waals surface area contributed by atoms with Gasteiger partial charge in [0.15, 0.2) is 0 Å². The highest BCUT2D eigenvalue weighted by atomic mass is 16.2. The number of rotatable bonds is 3. The standard InChI is InChI=1S/C21H23N3O/c1-23(2)19-11-12-24(20-10-6-4-8-17(19)20)21(25)13-15-14-22-18-9-5-3-7-16(15)18/h3-10,14,19,22H,11-13H2,1-2H3. The summed E-state index contributed by atoms with van der Waals surface area (Å²) in [4.78, 5) is 20.5. The van der Waals surface area contributed by atoms with Crippen molar-refractivity contribution in [3.05, 3.63) is 65.9 Å². The van der Waals surface area contributed by atoms with Crippen LogP contribution in [0.25, 0.3) is 10.9 Å². The minimum absolute atomic E-state index is 0.161. The van der Waals surface area contributed by atoms with Crippen molar-refractivity contribution in [1.29, 1.82) is 0 Å². The summed E-state index contributed by atoms with van der Waals surface area (Å²) in [5.41, 5.74) is 4.44. The third-order valence-electron chi connectivity index (χ3n) is 5.15. The molecule has 128 valence electrons. The molecule has 3 aromatic rings. The molecule has 1 unspecified atom stereocenters. The first-order chi connectivity index (χ1) is 12.1. The fourth-order valence-corrected chi connectivity index (χ4v) is 3.87. The summed E-state index contributed by atoms with van der Waals surface area (Å²) >= 11 is 0. The molecule has 0 saturated heterocycles. The Labute approximate surface area is 148 Å². The summed E-state index contributed by atoms with van der Waals surface area (Å²) in [6.07, 6.45) is 3.34. The summed E-state index contributed by atoms with van der Waals surface area (Å²) in [6.45, 7) is 0.765. The van der Waals surface area contributed by atoms with E-state index < -0.39 is 0 Å². The zero-order chi connectivity index (χ0) is 17.4. The van der Waals surface area contributed by atoms with Crippen molar-refractivity contribution in [2.45, 2.75) is 18.9 Å². The minimum Gasteiger partial charge on any atom is -0.361 e. The number of anilines is 1. The maximum Gasteiger partial charge on any atom is 0.231 e. The maximum atomic E-state index is 13.0. The zero-order valence-electron chi connectivity index (χ0n) is 14.7. The van der Waals surface area contributed by atoms with E-state index in [0.717, 1.165) is 35.1 Å². The predicted octanol–water partition coefficient (Wildman–Crippen LogP) is 3.75. The van der Waals surface area contributed by atoms with Crippen molar-refractivity contribution in [2.75, 3.05) is 25.5 Å². The normalized spacial score (nSPS) is 17.1. The van der Waals surface area contributed by atoms with Gasteiger partial charge in [-0.05, 0) is 43.8 Å². The number of hydrogen-bond acceptors (Lipinski definition) is 2. The van der Waals surface area contributed by atoms with Gasteiger partial charge in [0.25, 0.3) is 0 Å². The van der Waals surface area contributed by atoms with E-state index in [1.165, 1.54) is 5.56 Å². The lowest BCUT2D eigenvalue weighted by molar-refractivity contribution is -0.118. The van der Waals surface area contributed by atoms with Crippen molar-refractivity contribution in [2.24, 2.45) is 0 Å². The molecule has 2 aromatic carbocycles. The average Bonchev–Trinajstić information content (AvgIpc) is 3.03. The quantitative estimate of drug-likeness (QED) is 0.793. The lowest BCUT2D eigenvalue weighted by Crippen LogP contribution is -2.40. The number of para-hydroxylation sites is 2. The SMILES string of the molecule is CN(C)C1CCN(C(=O)Cc2c[nH]c3ccccc23)c2ccccc21. The number of aromatic amines is 1. The van der Waals surface area contributed by atoms with E-state index in [2.05, 4.69) is 48.2 Å². The first-order valence-corrected chi connectivity index (χ1v) is 8.76. The average molecular weight is 333 g/mol. The van der Waals surface area contributed by atoms with E-state index in [0.29, 0.717) is 12.5 Å². The Hall–Kier alpha value is -2.59. The second-order valence-corrected chi connectivity index (χ2v) is 6.91. The summed E-state index contributed by atoms with van der Waals surface area (Å²) in [5.74, 6) is 0.161. The number of carbonyl (C=O) groups is 1. The molecule has 1 N–H and O–H groups in total. The van der Waals surface area contributed by atoms with Crippen LogP contribution in [-0.4, -0.2) is 36.4 Å². The number of benzene rings is 2. The second kappa shape index (κ2) is 6.37. The smallest absolute Gasteiger partial charge is 0.231 e. The van der Waals surface area contributed by atoms with Crippen LogP contribution in [-0.2, 0) is 11.2 Å². The molecule has 1 amide bonds. The third kappa shape index (κ3) is 2.83. The molecule has 1 atom stereocenters. The summed E-state index contributed by atoms with van der Waals surface area (Å²) in [5, 5.41) is 1.13. The molecule has 0 saturated carbocycles. The Morgan fingerprint density at radius 3 is 2.76 bits per heavy atom. The van der Waals surface area contributed by atoms with Crippen molar-refractivity contribution >= 4 is 22.5 Å². The van der Waals surface area contributed by atoms with Gasteiger partial charge in [-0.25, -0.2) is 0 Å². The van der Waals surface area contributed by atoms with Crippen LogP contribution in [0.15, 0.2) is 54.7 Å². The van der Waals surface area contributed by atoms with Crippen molar-refractivity contribution in [3.8, 4) is 0 Å². The topological polar surface area (TPSA) is 39.3 Å². The molecule has 0 aliphatic carbocycles. The Morgan fingerprint density at radius 1 is 1.16 bits per heavy atom. The van der Waals surface area contributed by atoms with Crippen molar-refractivity contribution < 1.29 is 4.79 Å². The first-order valence-electron chi connectivity index (χ1n) is 8.76. The Balaban J connectivity index is 1.63. The number of nitrogens with one attached hydrogen (secondary N) is 1. The highest BCUT2D eigenvalue weighted by Gasteiger charge is 2.29. The molecule has 1 aliphatic rings. The Morgan fingerprint density at radius 2 is 1.92 bits per heavy atom. The molecular formula is C21H23N3O. The summed E-state index contributed by atoms with van der Waals surface area (Å²) in [6, 6.07) is 16.8. The molecule has 0 radical (unpaired) electrons. The van der Waals surface area contributed by atoms with E-state index in [1.54, 1.807) is 0 Å². The number of amides is 1. The van der Waals surface area contributed by atoms with Crippen LogP contribution in [0.1, 0.15) is 23.6 Å². The fraction of sp³-hybridized carbons (Fsp3) is 0.286. The van der Waals surface area contributed by atoms with Crippen LogP contribution in [0.4, 0.5) is 5.69 Å². The van der Waals surface area contributed by atoms with E-state index in [4.69, 9.17) is 0 Å². The molecule has 4 heteroatoms. The zero-order valence-corrected chi connectivity index (χ0v) is 14.7. The Kier molecular flexibility index (Phi) is 4.06. The number of hydrogen-bond donors (Lipinski definition) is 1. The fourth-order valence-electron chi connectivity index (χ4n) is 3.87. The van der Waals surface area contributed by atoms with E-state index in [1.807, 2.05) is 35.4 Å². The highest BCUT2D eigenvalue weighted by Crippen LogP contribution is 2.36. The summed E-state index contributed by atoms with van der Waals surface area (Å²) in [7, 11) is 4.20. The van der Waals surface area contributed by atoms with Gasteiger partial charge in [0.1, 0.15) is 0 Å². The van der Waals surface area contributed by atoms with Crippen molar-refractivity contribution in [1.82, 2.24) is 9.88 Å². The lowest BCUT2D eigenvalue weighted by Gasteiger charge is -2.37. The van der Waals surface area contributed by atoms with Crippen LogP contribution in [0, 0.1) is 0 Å². The van der Waals surface area contributed by atoms with Crippen LogP contribution in [0.3, 0.4) is 0 Å². The first kappa shape index (κ1) is 15.9. The van der Waals surface area contributed by atoms with Crippen molar-refractivity contribution in [3.63, 3.8) is 0 Å². The summed E-state index contributed by atoms with van der Waals surface area (Å²) < 4.78 is 0. The van der Waals surface area contributed by atoms with Gasteiger partial charge in [0.05, 0.1) is 6.42 Å². The number of H-pyrrole nitrogens is 1. The van der Waals surface area contributed by atoms with E-state index in [-0.39, 0.29) is 5.91 Å². The molecule has 2 heterocycles. The minimum atomic E-state index is 0.161. The van der Waals surface area contributed by atoms with Crippen LogP contribution >= 0.6 is 0 Å². The lowest BCUT2D eigenvalue weighted by atomic mass is 9.95. The number of carbonyl (C=O) groups excluding carboxylic acids is 1. The van der Waals surface area contributed by atoms with Gasteiger partial charge in [-0.15, -0.1) is 0 Å². The van der Waals surface area contributed by atoms with Gasteiger partial charge in [0, 0.05) is 35.4 Å². The van der Waals surface area contributed by atoms with Gasteiger partial charge in [0.2, 0.25) is 5.91 Å². The molecule has 0 fully saturated rings. The second-order valence-electron chi connectivity index (χ2n) is 6.91. The van der Waals surface area contributed by atoms with Crippen LogP contribution in [0.2, 0.25) is 0 Å². The molecular weight excluding hydrogens is 310 g/mol. The van der Waals surface area contributed by atoms with Gasteiger partial charge in [-0.1, -0.05) is 36.4 Å². The van der Waals surface area contributed by atoms with Gasteiger partial charge in [-0.3, -0.25) is 4.79 Å². The molecule has 0 spiro atoms. The van der Waals surface area contributed by atoms with Gasteiger partial charge < -0.3 is 14.8 Å². The van der Waals surface area contributed by atoms with Crippen LogP contribution < -0.4 is 4.90 Å². The number of nitrogens with zero attached hydrogens (tertiary/aromatic N) is 2. The number of fused-ring (bicyclic) bond motifs is 2. The van der Waals surface area contributed by atoms with Gasteiger partial charge in [-0.2, -0.15) is 0 Å². The molecule has 25 heavy (non-hydrogen) atoms. The van der Waals surface area contributed by atoms with E-state index in [9.17, 15) is 4.79 Å².